The Morgan fingerprint density at radius 1 is 1.13 bits per heavy atom. The van der Waals surface area contributed by atoms with Crippen molar-refractivity contribution < 1.29 is 22.7 Å². The van der Waals surface area contributed by atoms with Gasteiger partial charge in [0, 0.05) is 12.0 Å². The largest absolute Gasteiger partial charge is 0.487 e. The van der Waals surface area contributed by atoms with Gasteiger partial charge in [0.05, 0.1) is 24.0 Å². The van der Waals surface area contributed by atoms with Crippen molar-refractivity contribution in [1.82, 2.24) is 5.32 Å². The smallest absolute Gasteiger partial charge is 0.263 e. The minimum absolute atomic E-state index is 0.0583. The molecule has 0 fully saturated rings. The summed E-state index contributed by atoms with van der Waals surface area (Å²) >= 11 is 0. The maximum absolute atomic E-state index is 13.2. The normalized spacial score (nSPS) is 22.2. The molecule has 0 spiro atoms. The van der Waals surface area contributed by atoms with Gasteiger partial charge in [-0.25, -0.2) is 8.42 Å². The average molecular weight is 431 g/mol. The fourth-order valence-electron chi connectivity index (χ4n) is 3.95. The highest BCUT2D eigenvalue weighted by molar-refractivity contribution is 7.92. The summed E-state index contributed by atoms with van der Waals surface area (Å²) in [5, 5.41) is 3.06. The number of anilines is 1. The lowest BCUT2D eigenvalue weighted by Crippen LogP contribution is -2.52. The van der Waals surface area contributed by atoms with E-state index in [2.05, 4.69) is 5.32 Å². The maximum atomic E-state index is 13.2. The van der Waals surface area contributed by atoms with Gasteiger partial charge in [0.1, 0.15) is 17.1 Å². The summed E-state index contributed by atoms with van der Waals surface area (Å²) in [7, 11) is -3.55. The monoisotopic (exact) mass is 430 g/mol. The number of fused-ring (bicyclic) bond motifs is 2. The summed E-state index contributed by atoms with van der Waals surface area (Å²) in [5.41, 5.74) is 0.921. The second-order valence-corrected chi connectivity index (χ2v) is 10.4. The Morgan fingerprint density at radius 3 is 2.53 bits per heavy atom. The molecule has 1 N–H and O–H groups in total. The van der Waals surface area contributed by atoms with Gasteiger partial charge in [-0.15, -0.1) is 0 Å². The van der Waals surface area contributed by atoms with Crippen molar-refractivity contribution in [2.45, 2.75) is 44.9 Å². The number of hydrogen-bond donors (Lipinski definition) is 1. The van der Waals surface area contributed by atoms with Crippen LogP contribution in [0, 0.1) is 0 Å². The number of para-hydroxylation sites is 3. The lowest BCUT2D eigenvalue weighted by atomic mass is 9.89. The molecule has 0 radical (unpaired) electrons. The zero-order chi connectivity index (χ0) is 21.5. The fraction of sp³-hybridized carbons (Fsp3) is 0.409. The van der Waals surface area contributed by atoms with Crippen LogP contribution in [0.25, 0.3) is 0 Å². The van der Waals surface area contributed by atoms with Crippen LogP contribution < -0.4 is 19.1 Å². The van der Waals surface area contributed by atoms with Gasteiger partial charge in [0.2, 0.25) is 10.0 Å². The van der Waals surface area contributed by atoms with E-state index >= 15 is 0 Å². The summed E-state index contributed by atoms with van der Waals surface area (Å²) in [5.74, 6) is 0.716. The number of carbonyl (C=O) groups excluding carboxylic acids is 1. The molecule has 2 aromatic carbocycles. The maximum Gasteiger partial charge on any atom is 0.263 e. The molecule has 2 aliphatic heterocycles. The van der Waals surface area contributed by atoms with Crippen LogP contribution in [0.1, 0.15) is 38.8 Å². The third kappa shape index (κ3) is 3.84. The Kier molecular flexibility index (Phi) is 5.13. The van der Waals surface area contributed by atoms with Gasteiger partial charge >= 0.3 is 0 Å². The topological polar surface area (TPSA) is 84.9 Å². The van der Waals surface area contributed by atoms with Crippen molar-refractivity contribution in [3.8, 4) is 11.5 Å². The minimum Gasteiger partial charge on any atom is -0.487 e. The lowest BCUT2D eigenvalue weighted by molar-refractivity contribution is -0.129. The summed E-state index contributed by atoms with van der Waals surface area (Å²) < 4.78 is 38.5. The highest BCUT2D eigenvalue weighted by Gasteiger charge is 2.39. The first-order valence-corrected chi connectivity index (χ1v) is 11.7. The Labute approximate surface area is 177 Å². The number of nitrogens with zero attached hydrogens (tertiary/aromatic N) is 1. The molecule has 0 aliphatic carbocycles. The fourth-order valence-corrected chi connectivity index (χ4v) is 5.08. The first kappa shape index (κ1) is 20.5. The van der Waals surface area contributed by atoms with Crippen molar-refractivity contribution in [3.63, 3.8) is 0 Å². The summed E-state index contributed by atoms with van der Waals surface area (Å²) in [6, 6.07) is 14.2. The van der Waals surface area contributed by atoms with E-state index in [0.717, 1.165) is 11.3 Å². The van der Waals surface area contributed by atoms with Crippen LogP contribution in [-0.2, 0) is 14.8 Å². The van der Waals surface area contributed by atoms with E-state index in [1.165, 1.54) is 4.31 Å². The quantitative estimate of drug-likeness (QED) is 0.806. The molecule has 2 heterocycles. The predicted octanol–water partition coefficient (Wildman–Crippen LogP) is 3.02. The second-order valence-electron chi connectivity index (χ2n) is 8.17. The van der Waals surface area contributed by atoms with Crippen molar-refractivity contribution >= 4 is 21.6 Å². The van der Waals surface area contributed by atoms with E-state index in [0.29, 0.717) is 17.9 Å². The number of rotatable bonds is 4. The van der Waals surface area contributed by atoms with E-state index in [1.54, 1.807) is 31.2 Å². The highest BCUT2D eigenvalue weighted by Crippen LogP contribution is 2.40. The summed E-state index contributed by atoms with van der Waals surface area (Å²) in [4.78, 5) is 13.2. The van der Waals surface area contributed by atoms with E-state index < -0.39 is 21.7 Å². The van der Waals surface area contributed by atoms with Crippen molar-refractivity contribution in [3.05, 3.63) is 54.1 Å². The van der Waals surface area contributed by atoms with Gasteiger partial charge in [-0.1, -0.05) is 30.3 Å². The number of nitrogens with one attached hydrogen (secondary N) is 1. The van der Waals surface area contributed by atoms with Crippen LogP contribution in [0.4, 0.5) is 5.69 Å². The van der Waals surface area contributed by atoms with Crippen LogP contribution >= 0.6 is 0 Å². The van der Waals surface area contributed by atoms with Crippen LogP contribution in [0.15, 0.2) is 48.5 Å². The van der Waals surface area contributed by atoms with E-state index in [9.17, 15) is 13.2 Å². The molecule has 0 bridgehead atoms. The molecule has 0 unspecified atom stereocenters. The average Bonchev–Trinajstić information content (AvgIpc) is 2.72. The number of ether oxygens (including phenoxy) is 2. The molecule has 0 saturated heterocycles. The van der Waals surface area contributed by atoms with Crippen LogP contribution in [0.5, 0.6) is 11.5 Å². The molecule has 2 aliphatic rings. The van der Waals surface area contributed by atoms with Crippen molar-refractivity contribution in [2.24, 2.45) is 0 Å². The van der Waals surface area contributed by atoms with Crippen molar-refractivity contribution in [1.29, 1.82) is 0 Å². The highest BCUT2D eigenvalue weighted by atomic mass is 32.2. The molecule has 1 amide bonds. The lowest BCUT2D eigenvalue weighted by Gasteiger charge is -2.39. The summed E-state index contributed by atoms with van der Waals surface area (Å²) in [6.07, 6.45) is -0.352. The molecule has 2 aromatic rings. The van der Waals surface area contributed by atoms with Crippen LogP contribution in [0.2, 0.25) is 0 Å². The molecule has 0 aromatic heterocycles. The zero-order valence-electron chi connectivity index (χ0n) is 17.3. The SMILES string of the molecule is CCS(=O)(=O)N1C[C@H](C(=O)N[C@@H]2CC(C)(C)Oc3ccccc32)Oc2ccccc21. The summed E-state index contributed by atoms with van der Waals surface area (Å²) in [6.45, 7) is 5.48. The molecular formula is C22H26N2O5S. The molecule has 160 valence electrons. The van der Waals surface area contributed by atoms with Crippen LogP contribution in [-0.4, -0.2) is 38.3 Å². The third-order valence-corrected chi connectivity index (χ3v) is 7.17. The van der Waals surface area contributed by atoms with Gasteiger partial charge in [-0.2, -0.15) is 0 Å². The number of carbonyl (C=O) groups is 1. The third-order valence-electron chi connectivity index (χ3n) is 5.42. The van der Waals surface area contributed by atoms with Gasteiger partial charge in [-0.3, -0.25) is 9.10 Å². The standard InChI is InChI=1S/C22H26N2O5S/c1-4-30(26,27)24-14-20(28-19-12-8-6-10-17(19)24)21(25)23-16-13-22(2,3)29-18-11-7-5-9-15(16)18/h5-12,16,20H,4,13-14H2,1-3H3,(H,23,25)/t16-,20-/m1/s1. The predicted molar refractivity (Wildman–Crippen MR) is 114 cm³/mol. The number of hydrogen-bond acceptors (Lipinski definition) is 5. The van der Waals surface area contributed by atoms with Crippen LogP contribution in [0.3, 0.4) is 0 Å². The molecule has 4 rings (SSSR count). The molecular weight excluding hydrogens is 404 g/mol. The second kappa shape index (κ2) is 7.50. The first-order valence-electron chi connectivity index (χ1n) is 10.0. The van der Waals surface area contributed by atoms with Gasteiger partial charge in [0.15, 0.2) is 6.10 Å². The zero-order valence-corrected chi connectivity index (χ0v) is 18.1. The van der Waals surface area contributed by atoms with Gasteiger partial charge in [-0.05, 0) is 39.0 Å². The van der Waals surface area contributed by atoms with E-state index in [4.69, 9.17) is 9.47 Å². The van der Waals surface area contributed by atoms with Crippen molar-refractivity contribution in [2.75, 3.05) is 16.6 Å². The minimum atomic E-state index is -3.55. The number of amides is 1. The Bertz CT molecular complexity index is 1070. The molecule has 0 saturated carbocycles. The molecule has 2 atom stereocenters. The van der Waals surface area contributed by atoms with E-state index in [1.807, 2.05) is 38.1 Å². The molecule has 8 heteroatoms. The molecule has 30 heavy (non-hydrogen) atoms. The van der Waals surface area contributed by atoms with E-state index in [-0.39, 0.29) is 24.2 Å². The Morgan fingerprint density at radius 2 is 1.80 bits per heavy atom. The van der Waals surface area contributed by atoms with Gasteiger partial charge in [0.25, 0.3) is 5.91 Å². The van der Waals surface area contributed by atoms with Gasteiger partial charge < -0.3 is 14.8 Å². The molecule has 7 nitrogen and oxygen atoms in total. The Hall–Kier alpha value is -2.74. The number of benzene rings is 2. The Balaban J connectivity index is 1.60. The number of sulfonamides is 1. The first-order chi connectivity index (χ1) is 14.2.